The molecule has 22 heteroatoms. The van der Waals surface area contributed by atoms with Crippen LogP contribution in [0.15, 0.2) is 133 Å². The zero-order valence-electron chi connectivity index (χ0n) is 44.0. The Bertz CT molecular complexity index is 3400. The van der Waals surface area contributed by atoms with Crippen LogP contribution < -0.4 is 26.2 Å². The Morgan fingerprint density at radius 3 is 1.59 bits per heavy atom. The van der Waals surface area contributed by atoms with Gasteiger partial charge in [-0.3, -0.25) is 0 Å². The third-order valence-electron chi connectivity index (χ3n) is 13.9. The van der Waals surface area contributed by atoms with Crippen molar-refractivity contribution in [2.24, 2.45) is 37.5 Å². The van der Waals surface area contributed by atoms with E-state index in [-0.39, 0.29) is 50.7 Å². The van der Waals surface area contributed by atoms with Gasteiger partial charge in [-0.05, 0) is 146 Å². The summed E-state index contributed by atoms with van der Waals surface area (Å²) >= 11 is 11.9. The molecule has 2 aliphatic rings. The van der Waals surface area contributed by atoms with Crippen LogP contribution in [0.1, 0.15) is 88.8 Å². The molecule has 0 saturated heterocycles. The molecule has 3 atom stereocenters. The van der Waals surface area contributed by atoms with Gasteiger partial charge in [0.15, 0.2) is 19.7 Å². The molecule has 9 rings (SSSR count). The van der Waals surface area contributed by atoms with Crippen LogP contribution in [0.5, 0.6) is 23.3 Å². The van der Waals surface area contributed by atoms with E-state index in [2.05, 4.69) is 76.5 Å². The Hall–Kier alpha value is -6.13. The summed E-state index contributed by atoms with van der Waals surface area (Å²) in [6.07, 6.45) is 8.56. The molecule has 0 bridgehead atoms. The van der Waals surface area contributed by atoms with Crippen LogP contribution in [-0.4, -0.2) is 55.5 Å². The third-order valence-corrected chi connectivity index (χ3v) is 16.6. The average molecular weight is 1160 g/mol. The number of benzene rings is 5. The predicted octanol–water partition coefficient (Wildman–Crippen LogP) is 10.5. The van der Waals surface area contributed by atoms with Crippen molar-refractivity contribution in [2.45, 2.75) is 94.8 Å². The Morgan fingerprint density at radius 1 is 0.697 bits per heavy atom. The molecule has 2 aromatic heterocycles. The van der Waals surface area contributed by atoms with Crippen LogP contribution in [0.2, 0.25) is 10.0 Å². The molecule has 17 nitrogen and oxygen atoms in total. The van der Waals surface area contributed by atoms with Crippen molar-refractivity contribution in [2.75, 3.05) is 19.1 Å². The number of sulfone groups is 2. The fourth-order valence-electron chi connectivity index (χ4n) is 9.86. The minimum Gasteiger partial charge on any atom is -0.871 e. The third kappa shape index (κ3) is 13.0. The summed E-state index contributed by atoms with van der Waals surface area (Å²) in [4.78, 5) is -0.130. The molecular formula is C54H58Cl2CoN9O8S2. The van der Waals surface area contributed by atoms with Crippen molar-refractivity contribution < 1.29 is 55.5 Å². The second kappa shape index (κ2) is 23.6. The van der Waals surface area contributed by atoms with E-state index < -0.39 is 42.9 Å². The van der Waals surface area contributed by atoms with Gasteiger partial charge in [-0.2, -0.15) is 20.4 Å². The standard InChI is InChI=1S/C20H31N.2C17H15ClN4O4S.Co/c1-14(2)15-6-8-17-16(12-15)7-9-18-19(3,13-21)10-5-11-20(17,18)4;2*1-10-16(17(24)22(21-10)12-5-3-4-11(18)8-12)20-19-14-9-13(27(2,25)26)6-7-15(14)23;/h6,8,12,14,18H,5,7,9-11,13,21H2,1-4H3;2*3-9,23-24H,1-2H3;/q;;;+3/p-3/t18-,19-,20+;;;/m0.../s1. The fourth-order valence-corrected chi connectivity index (χ4v) is 11.5. The summed E-state index contributed by atoms with van der Waals surface area (Å²) in [5, 5.41) is 73.2. The normalized spacial score (nSPS) is 18.3. The van der Waals surface area contributed by atoms with Gasteiger partial charge in [0.05, 0.1) is 43.9 Å². The second-order valence-electron chi connectivity index (χ2n) is 19.8. The molecule has 0 aliphatic heterocycles. The van der Waals surface area contributed by atoms with Crippen molar-refractivity contribution in [3.05, 3.63) is 141 Å². The Balaban J connectivity index is 0.000000212. The van der Waals surface area contributed by atoms with E-state index in [1.165, 1.54) is 49.8 Å². The molecule has 0 spiro atoms. The molecule has 1 fully saturated rings. The fraction of sp³-hybridized carbons (Fsp3) is 0.333. The van der Waals surface area contributed by atoms with Crippen molar-refractivity contribution in [3.8, 4) is 34.6 Å². The number of aromatic nitrogens is 4. The SMILES string of the molecule is CC(C)c1ccc2c(c1)CC[C@H]1[C@](C)(CN)CCC[C@]21C.Cc1nn(-c2cccc(Cl)c2)c([O-])c1N=Nc1cc(S(C)(=O)=O)ccc1[O-].Cc1nn(-c2cccc(Cl)c2)c([O-])c1N=Nc1cc(S(C)(=O)=O)ccc1[O-].[Co+3].[H+]. The van der Waals surface area contributed by atoms with E-state index in [1.54, 1.807) is 73.5 Å². The first-order chi connectivity index (χ1) is 35.2. The maximum atomic E-state index is 12.6. The Kier molecular flexibility index (Phi) is 18.4. The molecular weight excluding hydrogens is 1100 g/mol. The summed E-state index contributed by atoms with van der Waals surface area (Å²) in [5.41, 5.74) is 12.6. The summed E-state index contributed by atoms with van der Waals surface area (Å²) < 4.78 is 48.7. The van der Waals surface area contributed by atoms with Crippen molar-refractivity contribution in [1.82, 2.24) is 19.6 Å². The van der Waals surface area contributed by atoms with E-state index in [4.69, 9.17) is 28.9 Å². The summed E-state index contributed by atoms with van der Waals surface area (Å²) in [7, 11) is -7.02. The van der Waals surface area contributed by atoms with Crippen LogP contribution in [0.4, 0.5) is 22.7 Å². The van der Waals surface area contributed by atoms with Crippen LogP contribution in [0.3, 0.4) is 0 Å². The quantitative estimate of drug-likeness (QED) is 0.126. The summed E-state index contributed by atoms with van der Waals surface area (Å²) in [6.45, 7) is 13.5. The van der Waals surface area contributed by atoms with Gasteiger partial charge >= 0.3 is 18.2 Å². The number of hydrogen-bond donors (Lipinski definition) is 1. The first-order valence-electron chi connectivity index (χ1n) is 24.0. The maximum Gasteiger partial charge on any atom is 3.00 e. The number of rotatable bonds is 10. The van der Waals surface area contributed by atoms with Gasteiger partial charge < -0.3 is 26.2 Å². The largest absolute Gasteiger partial charge is 3.00 e. The molecule has 2 N–H and O–H groups in total. The van der Waals surface area contributed by atoms with E-state index >= 15 is 0 Å². The van der Waals surface area contributed by atoms with E-state index in [9.17, 15) is 37.3 Å². The first kappa shape index (κ1) is 59.1. The topological polar surface area (TPSA) is 272 Å². The molecule has 0 unspecified atom stereocenters. The molecule has 0 amide bonds. The minimum atomic E-state index is -3.51. The molecule has 5 aromatic carbocycles. The molecule has 1 saturated carbocycles. The minimum absolute atomic E-state index is 0. The number of halogens is 2. The number of nitrogens with two attached hydrogens (primary N) is 1. The van der Waals surface area contributed by atoms with Gasteiger partial charge in [-0.15, -0.1) is 10.2 Å². The monoisotopic (exact) mass is 1150 g/mol. The molecule has 402 valence electrons. The molecule has 2 heterocycles. The smallest absolute Gasteiger partial charge is 0.871 e. The van der Waals surface area contributed by atoms with Gasteiger partial charge in [0.25, 0.3) is 0 Å². The number of aryl methyl sites for hydroxylation is 3. The molecule has 2 aliphatic carbocycles. The van der Waals surface area contributed by atoms with Crippen molar-refractivity contribution >= 4 is 65.6 Å². The Morgan fingerprint density at radius 2 is 1.17 bits per heavy atom. The zero-order chi connectivity index (χ0) is 54.8. The van der Waals surface area contributed by atoms with Gasteiger partial charge in [0.2, 0.25) is 0 Å². The van der Waals surface area contributed by atoms with Crippen LogP contribution in [0.25, 0.3) is 11.4 Å². The van der Waals surface area contributed by atoms with Gasteiger partial charge in [0, 0.05) is 34.3 Å². The number of fused-ring (bicyclic) bond motifs is 3. The molecule has 0 radical (unpaired) electrons. The average Bonchev–Trinajstić information content (AvgIpc) is 3.81. The van der Waals surface area contributed by atoms with Crippen molar-refractivity contribution in [3.63, 3.8) is 0 Å². The second-order valence-corrected chi connectivity index (χ2v) is 24.7. The van der Waals surface area contributed by atoms with Gasteiger partial charge in [0.1, 0.15) is 11.4 Å². The zero-order valence-corrected chi connectivity index (χ0v) is 47.2. The van der Waals surface area contributed by atoms with Crippen molar-refractivity contribution in [1.29, 1.82) is 0 Å². The van der Waals surface area contributed by atoms with Crippen LogP contribution >= 0.6 is 23.2 Å². The van der Waals surface area contributed by atoms with E-state index in [0.717, 1.165) is 58.6 Å². The van der Waals surface area contributed by atoms with E-state index in [1.807, 2.05) is 0 Å². The Labute approximate surface area is 465 Å². The number of azo groups is 2. The number of hydrogen-bond acceptors (Lipinski definition) is 15. The summed E-state index contributed by atoms with van der Waals surface area (Å²) in [5.74, 6) is -0.727. The maximum absolute atomic E-state index is 12.6. The molecule has 7 aromatic rings. The van der Waals surface area contributed by atoms with Crippen LogP contribution in [-0.2, 0) is 48.3 Å². The first-order valence-corrected chi connectivity index (χ1v) is 28.5. The molecule has 76 heavy (non-hydrogen) atoms. The van der Waals surface area contributed by atoms with E-state index in [0.29, 0.717) is 49.6 Å². The number of nitrogens with zero attached hydrogens (tertiary/aromatic N) is 8. The van der Waals surface area contributed by atoms with Gasteiger partial charge in [-0.1, -0.05) is 111 Å². The van der Waals surface area contributed by atoms with Gasteiger partial charge in [-0.25, -0.2) is 26.2 Å². The summed E-state index contributed by atoms with van der Waals surface area (Å²) in [6, 6.07) is 27.2. The predicted molar refractivity (Wildman–Crippen MR) is 284 cm³/mol. The van der Waals surface area contributed by atoms with Crippen LogP contribution in [0, 0.1) is 25.2 Å².